The predicted octanol–water partition coefficient (Wildman–Crippen LogP) is 1.60. The van der Waals surface area contributed by atoms with Crippen molar-refractivity contribution in [1.82, 2.24) is 3.11 Å². The molecule has 1 aliphatic heterocycles. The Hall–Kier alpha value is 0.440. The zero-order valence-corrected chi connectivity index (χ0v) is 7.72. The maximum absolute atomic E-state index is 12.0. The van der Waals surface area contributed by atoms with Gasteiger partial charge < -0.3 is 4.74 Å². The monoisotopic (exact) mass is 281 g/mol. The second kappa shape index (κ2) is 3.44. The zero-order chi connectivity index (χ0) is 8.48. The average molecular weight is 281 g/mol. The second-order valence-electron chi connectivity index (χ2n) is 2.27. The minimum atomic E-state index is -4.22. The summed E-state index contributed by atoms with van der Waals surface area (Å²) in [6.45, 7) is 0.657. The van der Waals surface area contributed by atoms with Crippen LogP contribution in [0.3, 0.4) is 0 Å². The molecule has 1 unspecified atom stereocenters. The van der Waals surface area contributed by atoms with Crippen molar-refractivity contribution in [2.24, 2.45) is 0 Å². The highest BCUT2D eigenvalue weighted by molar-refractivity contribution is 14.1. The van der Waals surface area contributed by atoms with Gasteiger partial charge in [-0.1, -0.05) is 0 Å². The van der Waals surface area contributed by atoms with Gasteiger partial charge in [-0.3, -0.25) is 0 Å². The molecule has 0 aromatic carbocycles. The van der Waals surface area contributed by atoms with Crippen LogP contribution in [0.4, 0.5) is 13.2 Å². The maximum atomic E-state index is 12.0. The molecule has 0 spiro atoms. The highest BCUT2D eigenvalue weighted by Crippen LogP contribution is 2.26. The Morgan fingerprint density at radius 1 is 1.45 bits per heavy atom. The van der Waals surface area contributed by atoms with Crippen molar-refractivity contribution in [2.45, 2.75) is 12.3 Å². The fourth-order valence-corrected chi connectivity index (χ4v) is 1.37. The number of halogens is 4. The summed E-state index contributed by atoms with van der Waals surface area (Å²) in [7, 11) is 0. The summed E-state index contributed by atoms with van der Waals surface area (Å²) in [5, 5.41) is 0. The van der Waals surface area contributed by atoms with Crippen LogP contribution in [0.5, 0.6) is 0 Å². The molecule has 0 amide bonds. The van der Waals surface area contributed by atoms with Crippen molar-refractivity contribution in [3.63, 3.8) is 0 Å². The summed E-state index contributed by atoms with van der Waals surface area (Å²) >= 11 is 1.87. The Morgan fingerprint density at radius 2 is 2.09 bits per heavy atom. The molecule has 0 aromatic heterocycles. The van der Waals surface area contributed by atoms with Gasteiger partial charge in [-0.2, -0.15) is 13.2 Å². The Bertz CT molecular complexity index is 140. The van der Waals surface area contributed by atoms with Crippen LogP contribution in [0, 0.1) is 0 Å². The molecule has 1 atom stereocenters. The molecule has 11 heavy (non-hydrogen) atoms. The van der Waals surface area contributed by atoms with E-state index < -0.39 is 12.3 Å². The van der Waals surface area contributed by atoms with Crippen molar-refractivity contribution in [2.75, 3.05) is 19.7 Å². The second-order valence-corrected chi connectivity index (χ2v) is 3.63. The van der Waals surface area contributed by atoms with E-state index in [2.05, 4.69) is 4.74 Å². The Morgan fingerprint density at radius 3 is 2.45 bits per heavy atom. The van der Waals surface area contributed by atoms with Gasteiger partial charge in [-0.25, -0.2) is 3.11 Å². The summed E-state index contributed by atoms with van der Waals surface area (Å²) in [4.78, 5) is 0. The summed E-state index contributed by atoms with van der Waals surface area (Å²) in [6, 6.07) is 0. The number of alkyl halides is 3. The van der Waals surface area contributed by atoms with Crippen molar-refractivity contribution in [1.29, 1.82) is 0 Å². The quantitative estimate of drug-likeness (QED) is 0.494. The van der Waals surface area contributed by atoms with E-state index in [1.807, 2.05) is 22.9 Å². The van der Waals surface area contributed by atoms with Gasteiger partial charge in [0.2, 0.25) is 0 Å². The summed E-state index contributed by atoms with van der Waals surface area (Å²) in [5.41, 5.74) is 0. The summed E-state index contributed by atoms with van der Waals surface area (Å²) in [5.74, 6) is 0. The number of morpholine rings is 1. The summed E-state index contributed by atoms with van der Waals surface area (Å²) < 4.78 is 42.0. The summed E-state index contributed by atoms with van der Waals surface area (Å²) in [6.07, 6.45) is -5.82. The Balaban J connectivity index is 2.46. The molecule has 66 valence electrons. The molecule has 0 bridgehead atoms. The van der Waals surface area contributed by atoms with Crippen molar-refractivity contribution in [3.8, 4) is 0 Å². The smallest absolute Gasteiger partial charge is 0.366 e. The van der Waals surface area contributed by atoms with Crippen LogP contribution in [0.15, 0.2) is 0 Å². The van der Waals surface area contributed by atoms with Crippen molar-refractivity contribution < 1.29 is 17.9 Å². The fraction of sp³-hybridized carbons (Fsp3) is 1.00. The van der Waals surface area contributed by atoms with Crippen LogP contribution in [-0.4, -0.2) is 35.1 Å². The molecule has 0 N–H and O–H groups in total. The molecule has 6 heteroatoms. The largest absolute Gasteiger partial charge is 0.415 e. The van der Waals surface area contributed by atoms with Crippen LogP contribution in [0.25, 0.3) is 0 Å². The minimum absolute atomic E-state index is 0.0654. The van der Waals surface area contributed by atoms with Gasteiger partial charge in [0.25, 0.3) is 0 Å². The molecule has 1 fully saturated rings. The zero-order valence-electron chi connectivity index (χ0n) is 5.57. The van der Waals surface area contributed by atoms with Crippen molar-refractivity contribution >= 4 is 22.9 Å². The lowest BCUT2D eigenvalue weighted by Crippen LogP contribution is -2.45. The van der Waals surface area contributed by atoms with Crippen LogP contribution in [0.1, 0.15) is 0 Å². The van der Waals surface area contributed by atoms with E-state index in [9.17, 15) is 13.2 Å². The number of hydrogen-bond acceptors (Lipinski definition) is 2. The van der Waals surface area contributed by atoms with Gasteiger partial charge in [-0.15, -0.1) is 0 Å². The third-order valence-corrected chi connectivity index (χ3v) is 2.26. The van der Waals surface area contributed by atoms with E-state index in [-0.39, 0.29) is 13.2 Å². The SMILES string of the molecule is FC(F)(F)C1CN(I)CCO1. The highest BCUT2D eigenvalue weighted by atomic mass is 127. The van der Waals surface area contributed by atoms with Gasteiger partial charge in [0.15, 0.2) is 6.10 Å². The first-order valence-corrected chi connectivity index (χ1v) is 4.05. The molecule has 0 saturated carbocycles. The minimum Gasteiger partial charge on any atom is -0.366 e. The van der Waals surface area contributed by atoms with Gasteiger partial charge >= 0.3 is 6.18 Å². The molecule has 1 saturated heterocycles. The van der Waals surface area contributed by atoms with Crippen LogP contribution >= 0.6 is 22.9 Å². The molecule has 0 radical (unpaired) electrons. The van der Waals surface area contributed by atoms with E-state index in [0.717, 1.165) is 0 Å². The van der Waals surface area contributed by atoms with E-state index in [1.54, 1.807) is 3.11 Å². The third-order valence-electron chi connectivity index (χ3n) is 1.38. The highest BCUT2D eigenvalue weighted by Gasteiger charge is 2.42. The Labute approximate surface area is 76.2 Å². The number of nitrogens with zero attached hydrogens (tertiary/aromatic N) is 1. The molecular weight excluding hydrogens is 274 g/mol. The lowest BCUT2D eigenvalue weighted by Gasteiger charge is -2.29. The molecule has 0 aliphatic carbocycles. The first-order chi connectivity index (χ1) is 5.00. The van der Waals surface area contributed by atoms with E-state index in [0.29, 0.717) is 6.54 Å². The topological polar surface area (TPSA) is 12.5 Å². The number of rotatable bonds is 0. The first kappa shape index (κ1) is 9.53. The number of ether oxygens (including phenoxy) is 1. The van der Waals surface area contributed by atoms with Gasteiger partial charge in [0, 0.05) is 36.0 Å². The molecule has 0 aromatic rings. The van der Waals surface area contributed by atoms with Crippen LogP contribution in [-0.2, 0) is 4.74 Å². The van der Waals surface area contributed by atoms with Gasteiger partial charge in [-0.05, 0) is 0 Å². The normalized spacial score (nSPS) is 28.9. The number of hydrogen-bond donors (Lipinski definition) is 0. The first-order valence-electron chi connectivity index (χ1n) is 3.09. The van der Waals surface area contributed by atoms with Crippen LogP contribution in [0.2, 0.25) is 0 Å². The molecule has 2 nitrogen and oxygen atoms in total. The predicted molar refractivity (Wildman–Crippen MR) is 41.4 cm³/mol. The average Bonchev–Trinajstić information content (AvgIpc) is 1.86. The lowest BCUT2D eigenvalue weighted by molar-refractivity contribution is -0.229. The maximum Gasteiger partial charge on any atom is 0.415 e. The standard InChI is InChI=1S/C5H7F3INO/c6-5(7,8)4-3-10(9)1-2-11-4/h4H,1-3H2. The molecule has 1 heterocycles. The fourth-order valence-electron chi connectivity index (χ4n) is 0.816. The Kier molecular flexibility index (Phi) is 2.98. The molecule has 1 rings (SSSR count). The van der Waals surface area contributed by atoms with Gasteiger partial charge in [0.05, 0.1) is 6.61 Å². The van der Waals surface area contributed by atoms with Crippen LogP contribution < -0.4 is 0 Å². The molecule has 1 aliphatic rings. The van der Waals surface area contributed by atoms with Gasteiger partial charge in [0.1, 0.15) is 0 Å². The van der Waals surface area contributed by atoms with E-state index in [4.69, 9.17) is 0 Å². The van der Waals surface area contributed by atoms with E-state index >= 15 is 0 Å². The lowest BCUT2D eigenvalue weighted by atomic mass is 10.3. The molecular formula is C5H7F3INO. The van der Waals surface area contributed by atoms with Crippen molar-refractivity contribution in [3.05, 3.63) is 0 Å². The van der Waals surface area contributed by atoms with E-state index in [1.165, 1.54) is 0 Å². The third kappa shape index (κ3) is 2.75.